The highest BCUT2D eigenvalue weighted by atomic mass is 32.2. The van der Waals surface area contributed by atoms with E-state index >= 15 is 4.39 Å². The third kappa shape index (κ3) is 7.33. The van der Waals surface area contributed by atoms with E-state index in [0.29, 0.717) is 6.42 Å². The molecule has 2 amide bonds. The van der Waals surface area contributed by atoms with E-state index < -0.39 is 34.3 Å². The molecule has 1 aliphatic carbocycles. The standard InChI is InChI=1S/C32H38FN3O4S/c1-4-29(32(38)34-26-9-5-6-10-26)35(21-25-17-13-23(2)14-18-25)31(37)22-36(30-12-8-7-11-28(30)33)41(39,40)27-19-15-24(3)16-20-27/h7-8,11-20,26,29H,4-6,9-10,21-22H2,1-3H3,(H,34,38)/t29-/m0/s1. The fourth-order valence-corrected chi connectivity index (χ4v) is 6.60. The van der Waals surface area contributed by atoms with Crippen molar-refractivity contribution in [2.24, 2.45) is 0 Å². The predicted octanol–water partition coefficient (Wildman–Crippen LogP) is 5.50. The molecule has 1 saturated carbocycles. The van der Waals surface area contributed by atoms with Gasteiger partial charge in [-0.25, -0.2) is 12.8 Å². The first-order valence-corrected chi connectivity index (χ1v) is 15.5. The highest BCUT2D eigenvalue weighted by Crippen LogP contribution is 2.27. The molecule has 1 aliphatic rings. The third-order valence-corrected chi connectivity index (χ3v) is 9.34. The van der Waals surface area contributed by atoms with E-state index in [-0.39, 0.29) is 29.1 Å². The first-order valence-electron chi connectivity index (χ1n) is 14.1. The molecule has 0 spiro atoms. The molecule has 1 atom stereocenters. The van der Waals surface area contributed by atoms with E-state index in [1.165, 1.54) is 35.2 Å². The number of carbonyl (C=O) groups is 2. The zero-order chi connectivity index (χ0) is 29.6. The fraction of sp³-hybridized carbons (Fsp3) is 0.375. The Morgan fingerprint density at radius 1 is 0.927 bits per heavy atom. The van der Waals surface area contributed by atoms with Crippen LogP contribution in [-0.2, 0) is 26.2 Å². The van der Waals surface area contributed by atoms with Crippen LogP contribution in [0.1, 0.15) is 55.7 Å². The number of carbonyl (C=O) groups excluding carboxylic acids is 2. The van der Waals surface area contributed by atoms with Crippen molar-refractivity contribution < 1.29 is 22.4 Å². The molecule has 9 heteroatoms. The Kier molecular flexibility index (Phi) is 9.81. The number of hydrogen-bond acceptors (Lipinski definition) is 4. The zero-order valence-electron chi connectivity index (χ0n) is 23.8. The molecule has 0 aromatic heterocycles. The van der Waals surface area contributed by atoms with Gasteiger partial charge in [0, 0.05) is 12.6 Å². The fourth-order valence-electron chi connectivity index (χ4n) is 5.18. The molecule has 1 N–H and O–H groups in total. The summed E-state index contributed by atoms with van der Waals surface area (Å²) in [6, 6.07) is 18.5. The summed E-state index contributed by atoms with van der Waals surface area (Å²) in [4.78, 5) is 28.9. The lowest BCUT2D eigenvalue weighted by Gasteiger charge is -2.34. The van der Waals surface area contributed by atoms with Crippen LogP contribution in [0.25, 0.3) is 0 Å². The molecule has 41 heavy (non-hydrogen) atoms. The highest BCUT2D eigenvalue weighted by Gasteiger charge is 2.35. The largest absolute Gasteiger partial charge is 0.352 e. The van der Waals surface area contributed by atoms with Crippen molar-refractivity contribution in [2.75, 3.05) is 10.8 Å². The van der Waals surface area contributed by atoms with E-state index in [4.69, 9.17) is 0 Å². The number of nitrogens with zero attached hydrogens (tertiary/aromatic N) is 2. The van der Waals surface area contributed by atoms with Gasteiger partial charge in [0.25, 0.3) is 10.0 Å². The van der Waals surface area contributed by atoms with Gasteiger partial charge in [-0.1, -0.05) is 79.4 Å². The molecule has 3 aromatic rings. The lowest BCUT2D eigenvalue weighted by molar-refractivity contribution is -0.140. The summed E-state index contributed by atoms with van der Waals surface area (Å²) < 4.78 is 43.6. The van der Waals surface area contributed by atoms with Crippen molar-refractivity contribution in [3.05, 3.63) is 95.3 Å². The second-order valence-electron chi connectivity index (χ2n) is 10.7. The molecule has 3 aromatic carbocycles. The highest BCUT2D eigenvalue weighted by molar-refractivity contribution is 7.92. The number of rotatable bonds is 11. The minimum atomic E-state index is -4.33. The molecule has 0 unspecified atom stereocenters. The van der Waals surface area contributed by atoms with Gasteiger partial charge in [0.05, 0.1) is 10.6 Å². The van der Waals surface area contributed by atoms with Gasteiger partial charge in [0.15, 0.2) is 0 Å². The van der Waals surface area contributed by atoms with Gasteiger partial charge in [-0.05, 0) is 62.9 Å². The summed E-state index contributed by atoms with van der Waals surface area (Å²) in [5.41, 5.74) is 2.48. The topological polar surface area (TPSA) is 86.8 Å². The average Bonchev–Trinajstić information content (AvgIpc) is 3.46. The number of anilines is 1. The molecule has 0 heterocycles. The molecule has 7 nitrogen and oxygen atoms in total. The number of nitrogens with one attached hydrogen (secondary N) is 1. The number of benzene rings is 3. The lowest BCUT2D eigenvalue weighted by Crippen LogP contribution is -2.53. The Labute approximate surface area is 242 Å². The van der Waals surface area contributed by atoms with Crippen LogP contribution in [0.5, 0.6) is 0 Å². The molecule has 0 saturated heterocycles. The van der Waals surface area contributed by atoms with Gasteiger partial charge in [-0.15, -0.1) is 0 Å². The van der Waals surface area contributed by atoms with Gasteiger partial charge in [0.2, 0.25) is 11.8 Å². The number of amides is 2. The molecule has 0 bridgehead atoms. The summed E-state index contributed by atoms with van der Waals surface area (Å²) in [7, 11) is -4.33. The number of hydrogen-bond donors (Lipinski definition) is 1. The van der Waals surface area contributed by atoms with Crippen molar-refractivity contribution in [3.8, 4) is 0 Å². The first-order chi connectivity index (χ1) is 19.6. The summed E-state index contributed by atoms with van der Waals surface area (Å²) >= 11 is 0. The van der Waals surface area contributed by atoms with E-state index in [0.717, 1.165) is 52.7 Å². The van der Waals surface area contributed by atoms with Gasteiger partial charge in [-0.3, -0.25) is 13.9 Å². The van der Waals surface area contributed by atoms with Gasteiger partial charge < -0.3 is 10.2 Å². The van der Waals surface area contributed by atoms with Crippen LogP contribution in [0.2, 0.25) is 0 Å². The number of halogens is 1. The molecular formula is C32H38FN3O4S. The van der Waals surface area contributed by atoms with E-state index in [2.05, 4.69) is 5.32 Å². The number of para-hydroxylation sites is 1. The number of sulfonamides is 1. The Hall–Kier alpha value is -3.72. The van der Waals surface area contributed by atoms with Crippen LogP contribution in [-0.4, -0.2) is 43.8 Å². The molecular weight excluding hydrogens is 541 g/mol. The van der Waals surface area contributed by atoms with Crippen LogP contribution in [0, 0.1) is 19.7 Å². The van der Waals surface area contributed by atoms with Gasteiger partial charge >= 0.3 is 0 Å². The van der Waals surface area contributed by atoms with E-state index in [9.17, 15) is 18.0 Å². The minimum absolute atomic E-state index is 0.0599. The Balaban J connectivity index is 1.72. The maximum absolute atomic E-state index is 15.1. The Morgan fingerprint density at radius 3 is 2.10 bits per heavy atom. The predicted molar refractivity (Wildman–Crippen MR) is 158 cm³/mol. The Morgan fingerprint density at radius 2 is 1.51 bits per heavy atom. The minimum Gasteiger partial charge on any atom is -0.352 e. The summed E-state index contributed by atoms with van der Waals surface area (Å²) in [5.74, 6) is -1.64. The molecule has 0 radical (unpaired) electrons. The van der Waals surface area contributed by atoms with E-state index in [1.807, 2.05) is 45.0 Å². The lowest BCUT2D eigenvalue weighted by atomic mass is 10.1. The maximum Gasteiger partial charge on any atom is 0.264 e. The van der Waals surface area contributed by atoms with Crippen LogP contribution in [0.15, 0.2) is 77.7 Å². The zero-order valence-corrected chi connectivity index (χ0v) is 24.7. The molecule has 218 valence electrons. The van der Waals surface area contributed by atoms with Crippen LogP contribution < -0.4 is 9.62 Å². The quantitative estimate of drug-likeness (QED) is 0.325. The summed E-state index contributed by atoms with van der Waals surface area (Å²) in [5, 5.41) is 3.09. The Bertz CT molecular complexity index is 1450. The first kappa shape index (κ1) is 30.2. The van der Waals surface area contributed by atoms with Crippen molar-refractivity contribution in [1.29, 1.82) is 0 Å². The monoisotopic (exact) mass is 579 g/mol. The molecule has 4 rings (SSSR count). The van der Waals surface area contributed by atoms with Gasteiger partial charge in [0.1, 0.15) is 18.4 Å². The van der Waals surface area contributed by atoms with Crippen molar-refractivity contribution in [1.82, 2.24) is 10.2 Å². The normalized spacial score (nSPS) is 14.4. The third-order valence-electron chi connectivity index (χ3n) is 7.57. The average molecular weight is 580 g/mol. The smallest absolute Gasteiger partial charge is 0.264 e. The van der Waals surface area contributed by atoms with Crippen LogP contribution in [0.3, 0.4) is 0 Å². The number of aryl methyl sites for hydroxylation is 2. The maximum atomic E-state index is 15.1. The van der Waals surface area contributed by atoms with Crippen molar-refractivity contribution in [2.45, 2.75) is 76.4 Å². The van der Waals surface area contributed by atoms with Crippen LogP contribution >= 0.6 is 0 Å². The molecule has 1 fully saturated rings. The second kappa shape index (κ2) is 13.3. The molecule has 0 aliphatic heterocycles. The SMILES string of the molecule is CC[C@@H](C(=O)NC1CCCC1)N(Cc1ccc(C)cc1)C(=O)CN(c1ccccc1F)S(=O)(=O)c1ccc(C)cc1. The van der Waals surface area contributed by atoms with Crippen molar-refractivity contribution in [3.63, 3.8) is 0 Å². The van der Waals surface area contributed by atoms with Crippen molar-refractivity contribution >= 4 is 27.5 Å². The summed E-state index contributed by atoms with van der Waals surface area (Å²) in [6.45, 7) is 5.05. The van der Waals surface area contributed by atoms with Crippen LogP contribution in [0.4, 0.5) is 10.1 Å². The van der Waals surface area contributed by atoms with E-state index in [1.54, 1.807) is 12.1 Å². The second-order valence-corrected chi connectivity index (χ2v) is 12.6. The summed E-state index contributed by atoms with van der Waals surface area (Å²) in [6.07, 6.45) is 4.21. The van der Waals surface area contributed by atoms with Gasteiger partial charge in [-0.2, -0.15) is 0 Å².